The number of hydrogen-bond donors (Lipinski definition) is 2. The molecule has 0 aliphatic carbocycles. The third-order valence-corrected chi connectivity index (χ3v) is 4.32. The average molecular weight is 317 g/mol. The van der Waals surface area contributed by atoms with Gasteiger partial charge < -0.3 is 14.4 Å². The zero-order valence-electron chi connectivity index (χ0n) is 12.9. The highest BCUT2D eigenvalue weighted by Gasteiger charge is 2.34. The van der Waals surface area contributed by atoms with Crippen LogP contribution in [0.5, 0.6) is 0 Å². The van der Waals surface area contributed by atoms with Crippen LogP contribution in [0.4, 0.5) is 0 Å². The maximum absolute atomic E-state index is 12.9. The highest BCUT2D eigenvalue weighted by atomic mass is 16.4. The second-order valence-corrected chi connectivity index (χ2v) is 5.64. The molecule has 0 spiro atoms. The number of nitrogens with one attached hydrogen (secondary N) is 1. The molecule has 2 aromatic heterocycles. The SMILES string of the molecule is CCc1ccoc1C(=O)N1CCCCC1c1[nH]ncc1C(=O)O. The monoisotopic (exact) mass is 317 g/mol. The van der Waals surface area contributed by atoms with E-state index in [1.54, 1.807) is 11.0 Å². The van der Waals surface area contributed by atoms with Crippen molar-refractivity contribution < 1.29 is 19.1 Å². The predicted octanol–water partition coefficient (Wildman–Crippen LogP) is 2.63. The molecule has 7 heteroatoms. The first kappa shape index (κ1) is 15.3. The van der Waals surface area contributed by atoms with Crippen molar-refractivity contribution in [3.8, 4) is 0 Å². The van der Waals surface area contributed by atoms with E-state index in [9.17, 15) is 14.7 Å². The lowest BCUT2D eigenvalue weighted by Gasteiger charge is -2.35. The molecule has 0 bridgehead atoms. The Kier molecular flexibility index (Phi) is 4.18. The van der Waals surface area contributed by atoms with E-state index in [4.69, 9.17) is 4.42 Å². The maximum atomic E-state index is 12.9. The van der Waals surface area contributed by atoms with Crippen LogP contribution in [-0.4, -0.2) is 38.6 Å². The zero-order valence-corrected chi connectivity index (χ0v) is 12.9. The number of carbonyl (C=O) groups excluding carboxylic acids is 1. The van der Waals surface area contributed by atoms with Crippen LogP contribution in [0.2, 0.25) is 0 Å². The first-order chi connectivity index (χ1) is 11.1. The number of amides is 1. The van der Waals surface area contributed by atoms with Gasteiger partial charge in [-0.25, -0.2) is 4.79 Å². The van der Waals surface area contributed by atoms with Gasteiger partial charge in [0.25, 0.3) is 5.91 Å². The van der Waals surface area contributed by atoms with E-state index < -0.39 is 5.97 Å². The van der Waals surface area contributed by atoms with Crippen molar-refractivity contribution >= 4 is 11.9 Å². The van der Waals surface area contributed by atoms with Gasteiger partial charge in [0.15, 0.2) is 5.76 Å². The molecule has 122 valence electrons. The summed E-state index contributed by atoms with van der Waals surface area (Å²) in [6.07, 6.45) is 6.05. The lowest BCUT2D eigenvalue weighted by molar-refractivity contribution is 0.0559. The van der Waals surface area contributed by atoms with Gasteiger partial charge in [0.2, 0.25) is 0 Å². The fourth-order valence-electron chi connectivity index (χ4n) is 3.13. The summed E-state index contributed by atoms with van der Waals surface area (Å²) in [4.78, 5) is 25.9. The van der Waals surface area contributed by atoms with Gasteiger partial charge in [0.05, 0.1) is 24.2 Å². The molecule has 3 heterocycles. The molecule has 7 nitrogen and oxygen atoms in total. The van der Waals surface area contributed by atoms with Crippen molar-refractivity contribution in [2.45, 2.75) is 38.6 Å². The van der Waals surface area contributed by atoms with E-state index >= 15 is 0 Å². The molecule has 1 aliphatic heterocycles. The Morgan fingerprint density at radius 1 is 1.48 bits per heavy atom. The first-order valence-corrected chi connectivity index (χ1v) is 7.77. The second kappa shape index (κ2) is 6.28. The Morgan fingerprint density at radius 3 is 3.04 bits per heavy atom. The molecule has 2 aromatic rings. The fraction of sp³-hybridized carbons (Fsp3) is 0.438. The number of carboxylic acid groups (broad SMARTS) is 1. The first-order valence-electron chi connectivity index (χ1n) is 7.77. The van der Waals surface area contributed by atoms with Gasteiger partial charge in [0, 0.05) is 12.1 Å². The lowest BCUT2D eigenvalue weighted by Crippen LogP contribution is -2.39. The fourth-order valence-corrected chi connectivity index (χ4v) is 3.13. The number of piperidine rings is 1. The van der Waals surface area contributed by atoms with Gasteiger partial charge in [-0.3, -0.25) is 9.89 Å². The Morgan fingerprint density at radius 2 is 2.30 bits per heavy atom. The van der Waals surface area contributed by atoms with E-state index in [0.29, 0.717) is 30.8 Å². The highest BCUT2D eigenvalue weighted by molar-refractivity contribution is 5.94. The van der Waals surface area contributed by atoms with Crippen molar-refractivity contribution in [3.05, 3.63) is 41.1 Å². The predicted molar refractivity (Wildman–Crippen MR) is 81.3 cm³/mol. The number of likely N-dealkylation sites (tertiary alicyclic amines) is 1. The van der Waals surface area contributed by atoms with E-state index in [0.717, 1.165) is 18.4 Å². The Hall–Kier alpha value is -2.57. The molecule has 1 amide bonds. The van der Waals surface area contributed by atoms with Crippen molar-refractivity contribution in [2.75, 3.05) is 6.54 Å². The standard InChI is InChI=1S/C16H19N3O4/c1-2-10-6-8-23-14(10)15(20)19-7-4-3-5-12(19)13-11(16(21)22)9-17-18-13/h6,8-9,12H,2-5,7H2,1H3,(H,17,18)(H,21,22). The van der Waals surface area contributed by atoms with Gasteiger partial charge in [-0.05, 0) is 31.7 Å². The molecule has 1 atom stereocenters. The van der Waals surface area contributed by atoms with Crippen LogP contribution in [-0.2, 0) is 6.42 Å². The summed E-state index contributed by atoms with van der Waals surface area (Å²) in [7, 11) is 0. The van der Waals surface area contributed by atoms with Crippen LogP contribution in [0.25, 0.3) is 0 Å². The molecule has 0 saturated carbocycles. The number of aromatic nitrogens is 2. The molecular formula is C16H19N3O4. The van der Waals surface area contributed by atoms with Crippen LogP contribution >= 0.6 is 0 Å². The normalized spacial score (nSPS) is 18.1. The molecule has 0 aromatic carbocycles. The van der Waals surface area contributed by atoms with E-state index in [2.05, 4.69) is 10.2 Å². The smallest absolute Gasteiger partial charge is 0.339 e. The number of aryl methyl sites for hydroxylation is 1. The summed E-state index contributed by atoms with van der Waals surface area (Å²) in [5, 5.41) is 15.9. The number of furan rings is 1. The number of H-pyrrole nitrogens is 1. The number of nitrogens with zero attached hydrogens (tertiary/aromatic N) is 2. The third-order valence-electron chi connectivity index (χ3n) is 4.32. The largest absolute Gasteiger partial charge is 0.478 e. The van der Waals surface area contributed by atoms with E-state index in [-0.39, 0.29) is 17.5 Å². The molecular weight excluding hydrogens is 298 g/mol. The zero-order chi connectivity index (χ0) is 16.4. The molecule has 1 unspecified atom stereocenters. The minimum atomic E-state index is -1.04. The molecule has 1 aliphatic rings. The Labute approximate surface area is 133 Å². The topological polar surface area (TPSA) is 99.4 Å². The Balaban J connectivity index is 1.94. The molecule has 1 fully saturated rings. The van der Waals surface area contributed by atoms with Gasteiger partial charge in [-0.15, -0.1) is 0 Å². The molecule has 2 N–H and O–H groups in total. The van der Waals surface area contributed by atoms with Gasteiger partial charge in [-0.1, -0.05) is 6.92 Å². The van der Waals surface area contributed by atoms with E-state index in [1.807, 2.05) is 6.92 Å². The van der Waals surface area contributed by atoms with Crippen LogP contribution in [0.1, 0.15) is 64.4 Å². The number of hydrogen-bond acceptors (Lipinski definition) is 4. The van der Waals surface area contributed by atoms with Crippen molar-refractivity contribution in [3.63, 3.8) is 0 Å². The lowest BCUT2D eigenvalue weighted by atomic mass is 9.96. The second-order valence-electron chi connectivity index (χ2n) is 5.64. The minimum Gasteiger partial charge on any atom is -0.478 e. The summed E-state index contributed by atoms with van der Waals surface area (Å²) in [6.45, 7) is 2.54. The minimum absolute atomic E-state index is 0.116. The van der Waals surface area contributed by atoms with Crippen molar-refractivity contribution in [1.82, 2.24) is 15.1 Å². The maximum Gasteiger partial charge on any atom is 0.339 e. The van der Waals surface area contributed by atoms with Crippen molar-refractivity contribution in [1.29, 1.82) is 0 Å². The van der Waals surface area contributed by atoms with Crippen LogP contribution < -0.4 is 0 Å². The number of aromatic carboxylic acids is 1. The van der Waals surface area contributed by atoms with Gasteiger partial charge >= 0.3 is 5.97 Å². The summed E-state index contributed by atoms with van der Waals surface area (Å²) < 4.78 is 5.38. The average Bonchev–Trinajstić information content (AvgIpc) is 3.22. The number of carboxylic acids is 1. The summed E-state index contributed by atoms with van der Waals surface area (Å²) in [5.41, 5.74) is 1.46. The molecule has 0 radical (unpaired) electrons. The number of aromatic amines is 1. The molecule has 1 saturated heterocycles. The molecule has 3 rings (SSSR count). The summed E-state index contributed by atoms with van der Waals surface area (Å²) in [6, 6.07) is 1.48. The van der Waals surface area contributed by atoms with Crippen molar-refractivity contribution in [2.24, 2.45) is 0 Å². The van der Waals surface area contributed by atoms with Crippen LogP contribution in [0, 0.1) is 0 Å². The third kappa shape index (κ3) is 2.74. The van der Waals surface area contributed by atoms with Gasteiger partial charge in [-0.2, -0.15) is 5.10 Å². The number of rotatable bonds is 4. The van der Waals surface area contributed by atoms with Crippen LogP contribution in [0.15, 0.2) is 22.9 Å². The summed E-state index contributed by atoms with van der Waals surface area (Å²) >= 11 is 0. The quantitative estimate of drug-likeness (QED) is 0.903. The highest BCUT2D eigenvalue weighted by Crippen LogP contribution is 2.33. The van der Waals surface area contributed by atoms with Gasteiger partial charge in [0.1, 0.15) is 5.56 Å². The van der Waals surface area contributed by atoms with E-state index in [1.165, 1.54) is 12.5 Å². The summed E-state index contributed by atoms with van der Waals surface area (Å²) in [5.74, 6) is -0.891. The molecule has 23 heavy (non-hydrogen) atoms. The number of carbonyl (C=O) groups is 2. The Bertz CT molecular complexity index is 718. The van der Waals surface area contributed by atoms with Crippen LogP contribution in [0.3, 0.4) is 0 Å².